The Morgan fingerprint density at radius 3 is 2.71 bits per heavy atom. The van der Waals surface area contributed by atoms with Crippen LogP contribution in [0.1, 0.15) is 26.5 Å². The molecule has 0 aliphatic carbocycles. The summed E-state index contributed by atoms with van der Waals surface area (Å²) < 4.78 is 0. The summed E-state index contributed by atoms with van der Waals surface area (Å²) in [6.07, 6.45) is 0.449. The van der Waals surface area contributed by atoms with E-state index in [1.54, 1.807) is 11.9 Å². The van der Waals surface area contributed by atoms with E-state index in [-0.39, 0.29) is 12.5 Å². The second kappa shape index (κ2) is 7.07. The SMILES string of the molecule is Cc1cc(C(=O)N(C)c2ccccc2)sc1C#CCCO. The molecule has 0 spiro atoms. The van der Waals surface area contributed by atoms with Crippen molar-refractivity contribution in [1.29, 1.82) is 0 Å². The molecule has 0 saturated carbocycles. The Kier molecular flexibility index (Phi) is 5.15. The van der Waals surface area contributed by atoms with Crippen LogP contribution in [0.2, 0.25) is 0 Å². The summed E-state index contributed by atoms with van der Waals surface area (Å²) in [7, 11) is 1.77. The first-order chi connectivity index (χ1) is 10.1. The molecule has 2 rings (SSSR count). The molecule has 1 amide bonds. The minimum Gasteiger partial charge on any atom is -0.395 e. The third-order valence-corrected chi connectivity index (χ3v) is 4.16. The van der Waals surface area contributed by atoms with Crippen molar-refractivity contribution in [2.75, 3.05) is 18.6 Å². The van der Waals surface area contributed by atoms with E-state index in [0.717, 1.165) is 16.1 Å². The molecule has 0 aliphatic rings. The molecule has 21 heavy (non-hydrogen) atoms. The van der Waals surface area contributed by atoms with E-state index in [0.29, 0.717) is 11.3 Å². The summed E-state index contributed by atoms with van der Waals surface area (Å²) in [5.74, 6) is 5.86. The molecule has 0 bridgehead atoms. The molecule has 2 aromatic rings. The lowest BCUT2D eigenvalue weighted by Gasteiger charge is -2.15. The van der Waals surface area contributed by atoms with Crippen molar-refractivity contribution in [3.8, 4) is 11.8 Å². The fraction of sp³-hybridized carbons (Fsp3) is 0.235. The summed E-state index contributed by atoms with van der Waals surface area (Å²) in [6.45, 7) is 2.00. The molecular weight excluding hydrogens is 282 g/mol. The van der Waals surface area contributed by atoms with Crippen LogP contribution in [-0.2, 0) is 0 Å². The molecule has 4 heteroatoms. The van der Waals surface area contributed by atoms with Gasteiger partial charge in [-0.3, -0.25) is 4.79 Å². The maximum absolute atomic E-state index is 12.5. The second-order valence-electron chi connectivity index (χ2n) is 4.60. The highest BCUT2D eigenvalue weighted by molar-refractivity contribution is 7.14. The maximum Gasteiger partial charge on any atom is 0.268 e. The number of amides is 1. The summed E-state index contributed by atoms with van der Waals surface area (Å²) in [6, 6.07) is 11.4. The first-order valence-corrected chi connectivity index (χ1v) is 7.48. The molecule has 1 N–H and O–H groups in total. The van der Waals surface area contributed by atoms with Crippen LogP contribution in [0, 0.1) is 18.8 Å². The number of hydrogen-bond acceptors (Lipinski definition) is 3. The average Bonchev–Trinajstić information content (AvgIpc) is 2.88. The standard InChI is InChI=1S/C17H17NO2S/c1-13-12-16(21-15(13)10-6-7-11-19)17(20)18(2)14-8-4-3-5-9-14/h3-5,8-9,12,19H,7,11H2,1-2H3. The van der Waals surface area contributed by atoms with Gasteiger partial charge in [-0.2, -0.15) is 0 Å². The predicted octanol–water partition coefficient (Wildman–Crippen LogP) is 3.07. The number of aryl methyl sites for hydroxylation is 1. The van der Waals surface area contributed by atoms with Crippen LogP contribution >= 0.6 is 11.3 Å². The largest absolute Gasteiger partial charge is 0.395 e. The van der Waals surface area contributed by atoms with E-state index in [4.69, 9.17) is 5.11 Å². The molecule has 0 atom stereocenters. The lowest BCUT2D eigenvalue weighted by molar-refractivity contribution is 0.0997. The lowest BCUT2D eigenvalue weighted by Crippen LogP contribution is -2.25. The van der Waals surface area contributed by atoms with Crippen LogP contribution in [-0.4, -0.2) is 24.7 Å². The highest BCUT2D eigenvalue weighted by Crippen LogP contribution is 2.24. The van der Waals surface area contributed by atoms with Crippen molar-refractivity contribution in [2.45, 2.75) is 13.3 Å². The van der Waals surface area contributed by atoms with Gasteiger partial charge in [-0.25, -0.2) is 0 Å². The Morgan fingerprint density at radius 1 is 1.33 bits per heavy atom. The van der Waals surface area contributed by atoms with E-state index in [9.17, 15) is 4.79 Å². The maximum atomic E-state index is 12.5. The molecule has 0 fully saturated rings. The van der Waals surface area contributed by atoms with E-state index >= 15 is 0 Å². The van der Waals surface area contributed by atoms with Crippen molar-refractivity contribution in [2.24, 2.45) is 0 Å². The summed E-state index contributed by atoms with van der Waals surface area (Å²) >= 11 is 1.39. The van der Waals surface area contributed by atoms with E-state index in [1.165, 1.54) is 11.3 Å². The number of thiophene rings is 1. The van der Waals surface area contributed by atoms with Crippen molar-refractivity contribution in [3.63, 3.8) is 0 Å². The Labute approximate surface area is 128 Å². The first-order valence-electron chi connectivity index (χ1n) is 6.66. The summed E-state index contributed by atoms with van der Waals surface area (Å²) in [5, 5.41) is 8.75. The fourth-order valence-corrected chi connectivity index (χ4v) is 2.87. The molecule has 1 aromatic carbocycles. The minimum atomic E-state index is -0.0375. The quantitative estimate of drug-likeness (QED) is 0.885. The number of carbonyl (C=O) groups excluding carboxylic acids is 1. The van der Waals surface area contributed by atoms with Gasteiger partial charge in [-0.1, -0.05) is 30.0 Å². The monoisotopic (exact) mass is 299 g/mol. The second-order valence-corrected chi connectivity index (χ2v) is 5.65. The average molecular weight is 299 g/mol. The van der Waals surface area contributed by atoms with Gasteiger partial charge in [-0.15, -0.1) is 11.3 Å². The summed E-state index contributed by atoms with van der Waals surface area (Å²) in [4.78, 5) is 15.7. The highest BCUT2D eigenvalue weighted by atomic mass is 32.1. The predicted molar refractivity (Wildman–Crippen MR) is 86.8 cm³/mol. The molecule has 0 saturated heterocycles. The van der Waals surface area contributed by atoms with E-state index in [2.05, 4.69) is 11.8 Å². The van der Waals surface area contributed by atoms with Gasteiger partial charge >= 0.3 is 0 Å². The third kappa shape index (κ3) is 3.72. The number of anilines is 1. The molecule has 3 nitrogen and oxygen atoms in total. The lowest BCUT2D eigenvalue weighted by atomic mass is 10.2. The van der Waals surface area contributed by atoms with Gasteiger partial charge in [0.15, 0.2) is 0 Å². The normalized spacial score (nSPS) is 9.86. The van der Waals surface area contributed by atoms with Gasteiger partial charge in [-0.05, 0) is 30.7 Å². The zero-order valence-corrected chi connectivity index (χ0v) is 12.9. The Hall–Kier alpha value is -2.09. The van der Waals surface area contributed by atoms with Crippen molar-refractivity contribution < 1.29 is 9.90 Å². The number of aliphatic hydroxyl groups excluding tert-OH is 1. The molecule has 1 heterocycles. The number of benzene rings is 1. The smallest absolute Gasteiger partial charge is 0.268 e. The topological polar surface area (TPSA) is 40.5 Å². The van der Waals surface area contributed by atoms with E-state index in [1.807, 2.05) is 43.3 Å². The summed E-state index contributed by atoms with van der Waals surface area (Å²) in [5.41, 5.74) is 1.86. The fourth-order valence-electron chi connectivity index (χ4n) is 1.84. The molecule has 0 aliphatic heterocycles. The van der Waals surface area contributed by atoms with Gasteiger partial charge < -0.3 is 10.0 Å². The van der Waals surface area contributed by atoms with Crippen LogP contribution in [0.15, 0.2) is 36.4 Å². The van der Waals surface area contributed by atoms with Crippen molar-refractivity contribution in [3.05, 3.63) is 51.7 Å². The van der Waals surface area contributed by atoms with E-state index < -0.39 is 0 Å². The number of carbonyl (C=O) groups is 1. The molecule has 0 radical (unpaired) electrons. The number of para-hydroxylation sites is 1. The van der Waals surface area contributed by atoms with Gasteiger partial charge in [0.1, 0.15) is 0 Å². The van der Waals surface area contributed by atoms with Gasteiger partial charge in [0, 0.05) is 19.2 Å². The molecule has 0 unspecified atom stereocenters. The Morgan fingerprint density at radius 2 is 2.05 bits per heavy atom. The van der Waals surface area contributed by atoms with Crippen LogP contribution in [0.4, 0.5) is 5.69 Å². The van der Waals surface area contributed by atoms with Crippen LogP contribution in [0.3, 0.4) is 0 Å². The number of hydrogen-bond donors (Lipinski definition) is 1. The third-order valence-electron chi connectivity index (χ3n) is 3.02. The highest BCUT2D eigenvalue weighted by Gasteiger charge is 2.16. The number of rotatable bonds is 3. The van der Waals surface area contributed by atoms with Crippen LogP contribution in [0.25, 0.3) is 0 Å². The minimum absolute atomic E-state index is 0.0375. The molecule has 108 valence electrons. The Bertz CT molecular complexity index is 680. The van der Waals surface area contributed by atoms with Gasteiger partial charge in [0.25, 0.3) is 5.91 Å². The van der Waals surface area contributed by atoms with Gasteiger partial charge in [0.2, 0.25) is 0 Å². The number of aliphatic hydroxyl groups is 1. The van der Waals surface area contributed by atoms with Crippen LogP contribution in [0.5, 0.6) is 0 Å². The first kappa shape index (κ1) is 15.3. The van der Waals surface area contributed by atoms with Crippen molar-refractivity contribution >= 4 is 22.9 Å². The van der Waals surface area contributed by atoms with Crippen LogP contribution < -0.4 is 4.90 Å². The van der Waals surface area contributed by atoms with Gasteiger partial charge in [0.05, 0.1) is 16.4 Å². The molecule has 1 aromatic heterocycles. The number of nitrogens with zero attached hydrogens (tertiary/aromatic N) is 1. The van der Waals surface area contributed by atoms with Crippen molar-refractivity contribution in [1.82, 2.24) is 0 Å². The zero-order valence-electron chi connectivity index (χ0n) is 12.1. The molecular formula is C17H17NO2S. The zero-order chi connectivity index (χ0) is 15.2. The Balaban J connectivity index is 2.21.